The summed E-state index contributed by atoms with van der Waals surface area (Å²) in [6, 6.07) is 5.74. The van der Waals surface area contributed by atoms with Crippen molar-refractivity contribution in [3.05, 3.63) is 34.3 Å². The van der Waals surface area contributed by atoms with Gasteiger partial charge in [0.05, 0.1) is 6.61 Å². The summed E-state index contributed by atoms with van der Waals surface area (Å²) in [6.45, 7) is 2.65. The summed E-state index contributed by atoms with van der Waals surface area (Å²) < 4.78 is 5.90. The van der Waals surface area contributed by atoms with Gasteiger partial charge in [0, 0.05) is 17.5 Å². The molecule has 0 saturated carbocycles. The number of nitrogens with one attached hydrogen (secondary N) is 1. The van der Waals surface area contributed by atoms with Crippen LogP contribution in [-0.4, -0.2) is 30.2 Å². The van der Waals surface area contributed by atoms with Crippen molar-refractivity contribution in [2.24, 2.45) is 0 Å². The highest BCUT2D eigenvalue weighted by Crippen LogP contribution is 2.17. The van der Waals surface area contributed by atoms with Gasteiger partial charge in [0.15, 0.2) is 6.04 Å². The summed E-state index contributed by atoms with van der Waals surface area (Å²) in [5.74, 6) is -1.43. The van der Waals surface area contributed by atoms with Crippen molar-refractivity contribution in [1.82, 2.24) is 5.32 Å². The standard InChI is InChI=1S/C13H16BrNO4/c1-2-19-8-7-11(16)15-12(13(17)18)9-3-5-10(14)6-4-9/h3-6,12H,2,7-8H2,1H3,(H,15,16)(H,17,18). The Morgan fingerprint density at radius 2 is 2.00 bits per heavy atom. The molecule has 0 spiro atoms. The molecule has 0 aromatic heterocycles. The first-order valence-corrected chi connectivity index (χ1v) is 6.69. The summed E-state index contributed by atoms with van der Waals surface area (Å²) in [4.78, 5) is 22.8. The maximum atomic E-state index is 11.6. The number of benzene rings is 1. The molecule has 0 aliphatic heterocycles. The molecule has 104 valence electrons. The van der Waals surface area contributed by atoms with Crippen molar-refractivity contribution in [2.45, 2.75) is 19.4 Å². The van der Waals surface area contributed by atoms with Crippen LogP contribution in [0.2, 0.25) is 0 Å². The molecule has 1 amide bonds. The molecule has 6 heteroatoms. The average Bonchev–Trinajstić information content (AvgIpc) is 2.37. The third kappa shape index (κ3) is 5.40. The highest BCUT2D eigenvalue weighted by Gasteiger charge is 2.21. The third-order valence-electron chi connectivity index (χ3n) is 2.43. The first-order chi connectivity index (χ1) is 9.04. The van der Waals surface area contributed by atoms with E-state index in [1.165, 1.54) is 0 Å². The van der Waals surface area contributed by atoms with Crippen LogP contribution in [0.5, 0.6) is 0 Å². The van der Waals surface area contributed by atoms with Crippen LogP contribution in [-0.2, 0) is 14.3 Å². The van der Waals surface area contributed by atoms with E-state index in [9.17, 15) is 9.59 Å². The molecule has 5 nitrogen and oxygen atoms in total. The highest BCUT2D eigenvalue weighted by molar-refractivity contribution is 9.10. The molecule has 2 N–H and O–H groups in total. The van der Waals surface area contributed by atoms with E-state index in [1.807, 2.05) is 6.92 Å². The van der Waals surface area contributed by atoms with Crippen LogP contribution in [0.1, 0.15) is 24.9 Å². The van der Waals surface area contributed by atoms with Gasteiger partial charge in [0.2, 0.25) is 5.91 Å². The fraction of sp³-hybridized carbons (Fsp3) is 0.385. The second-order valence-corrected chi connectivity index (χ2v) is 4.75. The predicted octanol–water partition coefficient (Wildman–Crippen LogP) is 2.12. The number of carbonyl (C=O) groups is 2. The lowest BCUT2D eigenvalue weighted by molar-refractivity contribution is -0.142. The number of amides is 1. The van der Waals surface area contributed by atoms with Crippen LogP contribution in [0.3, 0.4) is 0 Å². The second-order valence-electron chi connectivity index (χ2n) is 3.84. The fourth-order valence-electron chi connectivity index (χ4n) is 1.49. The molecule has 0 fully saturated rings. The molecule has 0 aliphatic rings. The minimum absolute atomic E-state index is 0.147. The van der Waals surface area contributed by atoms with Crippen LogP contribution in [0.25, 0.3) is 0 Å². The highest BCUT2D eigenvalue weighted by atomic mass is 79.9. The number of aliphatic carboxylic acids is 1. The Bertz CT molecular complexity index is 433. The van der Waals surface area contributed by atoms with Gasteiger partial charge < -0.3 is 15.2 Å². The molecular weight excluding hydrogens is 314 g/mol. The topological polar surface area (TPSA) is 75.6 Å². The van der Waals surface area contributed by atoms with Crippen LogP contribution in [0.15, 0.2) is 28.7 Å². The van der Waals surface area contributed by atoms with E-state index < -0.39 is 12.0 Å². The van der Waals surface area contributed by atoms with Gasteiger partial charge in [-0.05, 0) is 24.6 Å². The Labute approximate surface area is 120 Å². The quantitative estimate of drug-likeness (QED) is 0.751. The number of carboxylic acids is 1. The first kappa shape index (κ1) is 15.7. The summed E-state index contributed by atoms with van der Waals surface area (Å²) in [5, 5.41) is 11.6. The molecule has 1 aromatic carbocycles. The number of carboxylic acid groups (broad SMARTS) is 1. The zero-order valence-corrected chi connectivity index (χ0v) is 12.1. The van der Waals surface area contributed by atoms with E-state index in [-0.39, 0.29) is 18.9 Å². The van der Waals surface area contributed by atoms with Crippen LogP contribution < -0.4 is 5.32 Å². The number of hydrogen-bond donors (Lipinski definition) is 2. The van der Waals surface area contributed by atoms with Gasteiger partial charge in [-0.15, -0.1) is 0 Å². The van der Waals surface area contributed by atoms with E-state index in [0.29, 0.717) is 12.2 Å². The van der Waals surface area contributed by atoms with Crippen molar-refractivity contribution < 1.29 is 19.4 Å². The Morgan fingerprint density at radius 1 is 1.37 bits per heavy atom. The summed E-state index contributed by atoms with van der Waals surface area (Å²) in [7, 11) is 0. The predicted molar refractivity (Wildman–Crippen MR) is 73.8 cm³/mol. The lowest BCUT2D eigenvalue weighted by Crippen LogP contribution is -2.34. The minimum atomic E-state index is -1.09. The molecule has 1 aromatic rings. The second kappa shape index (κ2) is 7.91. The van der Waals surface area contributed by atoms with Crippen molar-refractivity contribution >= 4 is 27.8 Å². The summed E-state index contributed by atoms with van der Waals surface area (Å²) in [6.07, 6.45) is 0.147. The SMILES string of the molecule is CCOCCC(=O)NC(C(=O)O)c1ccc(Br)cc1. The van der Waals surface area contributed by atoms with Crippen molar-refractivity contribution in [3.8, 4) is 0 Å². The minimum Gasteiger partial charge on any atom is -0.479 e. The number of rotatable bonds is 7. The lowest BCUT2D eigenvalue weighted by atomic mass is 10.1. The van der Waals surface area contributed by atoms with E-state index in [1.54, 1.807) is 24.3 Å². The van der Waals surface area contributed by atoms with Crippen molar-refractivity contribution in [2.75, 3.05) is 13.2 Å². The van der Waals surface area contributed by atoms with Crippen molar-refractivity contribution in [1.29, 1.82) is 0 Å². The van der Waals surface area contributed by atoms with E-state index in [2.05, 4.69) is 21.2 Å². The maximum absolute atomic E-state index is 11.6. The molecule has 0 radical (unpaired) electrons. The number of halogens is 1. The third-order valence-corrected chi connectivity index (χ3v) is 2.96. The molecule has 1 unspecified atom stereocenters. The normalized spacial score (nSPS) is 11.9. The van der Waals surface area contributed by atoms with Gasteiger partial charge in [-0.25, -0.2) is 4.79 Å². The smallest absolute Gasteiger partial charge is 0.330 e. The summed E-state index contributed by atoms with van der Waals surface area (Å²) >= 11 is 3.27. The van der Waals surface area contributed by atoms with Crippen LogP contribution in [0.4, 0.5) is 0 Å². The molecular formula is C13H16BrNO4. The number of ether oxygens (including phenoxy) is 1. The zero-order valence-electron chi connectivity index (χ0n) is 10.6. The van der Waals surface area contributed by atoms with Gasteiger partial charge in [-0.1, -0.05) is 28.1 Å². The first-order valence-electron chi connectivity index (χ1n) is 5.90. The Morgan fingerprint density at radius 3 is 2.53 bits per heavy atom. The Balaban J connectivity index is 2.65. The molecule has 1 rings (SSSR count). The number of carbonyl (C=O) groups excluding carboxylic acids is 1. The fourth-order valence-corrected chi connectivity index (χ4v) is 1.75. The molecule has 0 heterocycles. The van der Waals surface area contributed by atoms with Gasteiger partial charge in [-0.3, -0.25) is 4.79 Å². The lowest BCUT2D eigenvalue weighted by Gasteiger charge is -2.15. The summed E-state index contributed by atoms with van der Waals surface area (Å²) in [5.41, 5.74) is 0.528. The van der Waals surface area contributed by atoms with E-state index in [0.717, 1.165) is 4.47 Å². The van der Waals surface area contributed by atoms with Gasteiger partial charge in [-0.2, -0.15) is 0 Å². The molecule has 0 bridgehead atoms. The number of hydrogen-bond acceptors (Lipinski definition) is 3. The van der Waals surface area contributed by atoms with E-state index >= 15 is 0 Å². The zero-order chi connectivity index (χ0) is 14.3. The van der Waals surface area contributed by atoms with Gasteiger partial charge in [0.25, 0.3) is 0 Å². The molecule has 19 heavy (non-hydrogen) atoms. The van der Waals surface area contributed by atoms with Crippen LogP contribution >= 0.6 is 15.9 Å². The van der Waals surface area contributed by atoms with Gasteiger partial charge in [0.1, 0.15) is 0 Å². The maximum Gasteiger partial charge on any atom is 0.330 e. The van der Waals surface area contributed by atoms with E-state index in [4.69, 9.17) is 9.84 Å². The molecule has 0 aliphatic carbocycles. The average molecular weight is 330 g/mol. The van der Waals surface area contributed by atoms with Gasteiger partial charge >= 0.3 is 5.97 Å². The molecule has 0 saturated heterocycles. The van der Waals surface area contributed by atoms with Crippen molar-refractivity contribution in [3.63, 3.8) is 0 Å². The van der Waals surface area contributed by atoms with Crippen LogP contribution in [0, 0.1) is 0 Å². The Hall–Kier alpha value is -1.40. The Kier molecular flexibility index (Phi) is 6.52. The molecule has 1 atom stereocenters. The largest absolute Gasteiger partial charge is 0.479 e. The monoisotopic (exact) mass is 329 g/mol.